The summed E-state index contributed by atoms with van der Waals surface area (Å²) >= 11 is 0. The maximum absolute atomic E-state index is 12.9. The van der Waals surface area contributed by atoms with Gasteiger partial charge in [0.25, 0.3) is 11.8 Å². The van der Waals surface area contributed by atoms with Crippen molar-refractivity contribution in [1.29, 1.82) is 0 Å². The summed E-state index contributed by atoms with van der Waals surface area (Å²) in [6.45, 7) is 3.28. The lowest BCUT2D eigenvalue weighted by Gasteiger charge is -2.32. The zero-order valence-corrected chi connectivity index (χ0v) is 15.4. The van der Waals surface area contributed by atoms with Gasteiger partial charge in [-0.2, -0.15) is 0 Å². The fourth-order valence-electron chi connectivity index (χ4n) is 3.09. The summed E-state index contributed by atoms with van der Waals surface area (Å²) in [6.07, 6.45) is 0. The molecule has 6 nitrogen and oxygen atoms in total. The van der Waals surface area contributed by atoms with Crippen LogP contribution in [0.3, 0.4) is 0 Å². The van der Waals surface area contributed by atoms with Crippen molar-refractivity contribution in [2.75, 3.05) is 0 Å². The fourth-order valence-corrected chi connectivity index (χ4v) is 4.83. The molecule has 2 aromatic carbocycles. The first-order valence-electron chi connectivity index (χ1n) is 8.31. The average Bonchev–Trinajstić information content (AvgIpc) is 2.86. The van der Waals surface area contributed by atoms with Crippen LogP contribution in [-0.4, -0.2) is 27.4 Å². The van der Waals surface area contributed by atoms with E-state index in [1.165, 1.54) is 0 Å². The van der Waals surface area contributed by atoms with Crippen LogP contribution in [0.25, 0.3) is 0 Å². The standard InChI is InChI=1S/C19H20NO5P/c1-13(2)19(26(23,24)25-12-14-8-4-3-5-9-14)20-17(21)15-10-6-7-11-16(15)18(20)22/h3-11,13,19H,12H2,1-2H3,(H,23,24). The van der Waals surface area contributed by atoms with Crippen molar-refractivity contribution in [3.05, 3.63) is 71.3 Å². The molecule has 0 spiro atoms. The molecule has 0 fully saturated rings. The highest BCUT2D eigenvalue weighted by Crippen LogP contribution is 2.53. The molecule has 1 N–H and O–H groups in total. The number of imide groups is 1. The topological polar surface area (TPSA) is 83.9 Å². The van der Waals surface area contributed by atoms with Gasteiger partial charge in [-0.3, -0.25) is 19.1 Å². The number of amides is 2. The molecule has 0 saturated carbocycles. The Morgan fingerprint density at radius 3 is 1.96 bits per heavy atom. The number of carbonyl (C=O) groups is 2. The van der Waals surface area contributed by atoms with E-state index >= 15 is 0 Å². The summed E-state index contributed by atoms with van der Waals surface area (Å²) in [5.74, 6) is -2.84. The molecule has 1 heterocycles. The molecular formula is C19H20NO5P. The summed E-state index contributed by atoms with van der Waals surface area (Å²) in [7, 11) is -4.29. The van der Waals surface area contributed by atoms with Crippen LogP contribution >= 0.6 is 7.60 Å². The van der Waals surface area contributed by atoms with Gasteiger partial charge in [-0.15, -0.1) is 0 Å². The van der Waals surface area contributed by atoms with E-state index in [1.54, 1.807) is 62.4 Å². The second-order valence-electron chi connectivity index (χ2n) is 6.51. The number of benzene rings is 2. The minimum atomic E-state index is -4.29. The van der Waals surface area contributed by atoms with Crippen LogP contribution in [0.1, 0.15) is 40.1 Å². The maximum atomic E-state index is 12.9. The Balaban J connectivity index is 1.88. The van der Waals surface area contributed by atoms with E-state index in [2.05, 4.69) is 0 Å². The third-order valence-corrected chi connectivity index (χ3v) is 6.27. The SMILES string of the molecule is CC(C)C(N1C(=O)c2ccccc2C1=O)P(=O)(O)OCc1ccccc1. The third-order valence-electron chi connectivity index (χ3n) is 4.28. The largest absolute Gasteiger partial charge is 0.351 e. The lowest BCUT2D eigenvalue weighted by molar-refractivity contribution is 0.0571. The van der Waals surface area contributed by atoms with E-state index in [0.717, 1.165) is 10.5 Å². The molecule has 0 saturated heterocycles. The second kappa shape index (κ2) is 7.16. The molecule has 26 heavy (non-hydrogen) atoms. The van der Waals surface area contributed by atoms with Gasteiger partial charge < -0.3 is 9.42 Å². The van der Waals surface area contributed by atoms with Crippen LogP contribution in [0.2, 0.25) is 0 Å². The lowest BCUT2D eigenvalue weighted by atomic mass is 10.1. The minimum Gasteiger partial charge on any atom is -0.323 e. The molecule has 1 aliphatic heterocycles. The zero-order valence-electron chi connectivity index (χ0n) is 14.5. The Hall–Kier alpha value is -2.27. The summed E-state index contributed by atoms with van der Waals surface area (Å²) in [6, 6.07) is 15.4. The molecule has 136 valence electrons. The monoisotopic (exact) mass is 373 g/mol. The molecule has 2 amide bonds. The maximum Gasteiger partial charge on any atom is 0.351 e. The van der Waals surface area contributed by atoms with Crippen LogP contribution in [0.5, 0.6) is 0 Å². The van der Waals surface area contributed by atoms with Crippen molar-refractivity contribution in [2.24, 2.45) is 5.92 Å². The highest BCUT2D eigenvalue weighted by atomic mass is 31.2. The van der Waals surface area contributed by atoms with Gasteiger partial charge in [0, 0.05) is 0 Å². The van der Waals surface area contributed by atoms with E-state index in [1.807, 2.05) is 6.07 Å². The second-order valence-corrected chi connectivity index (χ2v) is 8.42. The molecule has 7 heteroatoms. The molecule has 0 aromatic heterocycles. The van der Waals surface area contributed by atoms with E-state index in [9.17, 15) is 19.0 Å². The van der Waals surface area contributed by atoms with Gasteiger partial charge >= 0.3 is 7.60 Å². The van der Waals surface area contributed by atoms with E-state index < -0.39 is 31.1 Å². The van der Waals surface area contributed by atoms with Crippen molar-refractivity contribution in [1.82, 2.24) is 4.90 Å². The van der Waals surface area contributed by atoms with Crippen LogP contribution in [0.15, 0.2) is 54.6 Å². The predicted molar refractivity (Wildman–Crippen MR) is 96.6 cm³/mol. The number of carbonyl (C=O) groups excluding carboxylic acids is 2. The number of hydrogen-bond donors (Lipinski definition) is 1. The van der Waals surface area contributed by atoms with Gasteiger partial charge in [0.2, 0.25) is 0 Å². The van der Waals surface area contributed by atoms with Gasteiger partial charge in [0.1, 0.15) is 5.78 Å². The highest BCUT2D eigenvalue weighted by Gasteiger charge is 2.49. The van der Waals surface area contributed by atoms with Crippen molar-refractivity contribution in [3.8, 4) is 0 Å². The molecule has 0 radical (unpaired) electrons. The number of fused-ring (bicyclic) bond motifs is 1. The first-order valence-corrected chi connectivity index (χ1v) is 9.95. The lowest BCUT2D eigenvalue weighted by Crippen LogP contribution is -2.43. The fraction of sp³-hybridized carbons (Fsp3) is 0.263. The van der Waals surface area contributed by atoms with Gasteiger partial charge in [-0.1, -0.05) is 56.3 Å². The summed E-state index contributed by atoms with van der Waals surface area (Å²) in [5, 5.41) is 0. The van der Waals surface area contributed by atoms with E-state index in [0.29, 0.717) is 0 Å². The minimum absolute atomic E-state index is 0.0823. The van der Waals surface area contributed by atoms with Crippen molar-refractivity contribution < 1.29 is 23.6 Å². The van der Waals surface area contributed by atoms with Gasteiger partial charge in [-0.05, 0) is 23.6 Å². The normalized spacial score (nSPS) is 17.3. The smallest absolute Gasteiger partial charge is 0.323 e. The Morgan fingerprint density at radius 1 is 0.962 bits per heavy atom. The summed E-state index contributed by atoms with van der Waals surface area (Å²) < 4.78 is 18.3. The zero-order chi connectivity index (χ0) is 18.9. The van der Waals surface area contributed by atoms with Gasteiger partial charge in [-0.25, -0.2) is 0 Å². The first kappa shape index (κ1) is 18.5. The Labute approximate surface area is 151 Å². The molecule has 2 unspecified atom stereocenters. The number of nitrogens with zero attached hydrogens (tertiary/aromatic N) is 1. The molecule has 1 aliphatic rings. The number of hydrogen-bond acceptors (Lipinski definition) is 4. The first-order chi connectivity index (χ1) is 12.3. The molecule has 2 atom stereocenters. The van der Waals surface area contributed by atoms with Crippen LogP contribution in [0.4, 0.5) is 0 Å². The van der Waals surface area contributed by atoms with E-state index in [-0.39, 0.29) is 17.7 Å². The number of rotatable bonds is 6. The molecule has 0 bridgehead atoms. The van der Waals surface area contributed by atoms with Crippen LogP contribution in [-0.2, 0) is 15.7 Å². The van der Waals surface area contributed by atoms with Crippen LogP contribution in [0, 0.1) is 5.92 Å². The molecular weight excluding hydrogens is 353 g/mol. The van der Waals surface area contributed by atoms with Crippen molar-refractivity contribution in [3.63, 3.8) is 0 Å². The van der Waals surface area contributed by atoms with E-state index in [4.69, 9.17) is 4.52 Å². The Morgan fingerprint density at radius 2 is 1.46 bits per heavy atom. The molecule has 3 rings (SSSR count). The van der Waals surface area contributed by atoms with Gasteiger partial charge in [0.05, 0.1) is 17.7 Å². The van der Waals surface area contributed by atoms with Crippen molar-refractivity contribution >= 4 is 19.4 Å². The molecule has 2 aromatic rings. The summed E-state index contributed by atoms with van der Waals surface area (Å²) in [5.41, 5.74) is 1.21. The average molecular weight is 373 g/mol. The quantitative estimate of drug-likeness (QED) is 0.617. The molecule has 0 aliphatic carbocycles. The van der Waals surface area contributed by atoms with Gasteiger partial charge in [0.15, 0.2) is 0 Å². The third kappa shape index (κ3) is 3.36. The Bertz CT molecular complexity index is 846. The predicted octanol–water partition coefficient (Wildman–Crippen LogP) is 3.67. The van der Waals surface area contributed by atoms with Crippen molar-refractivity contribution in [2.45, 2.75) is 26.2 Å². The summed E-state index contributed by atoms with van der Waals surface area (Å²) in [4.78, 5) is 36.8. The van der Waals surface area contributed by atoms with Crippen LogP contribution < -0.4 is 0 Å². The highest BCUT2D eigenvalue weighted by molar-refractivity contribution is 7.53. The Kier molecular flexibility index (Phi) is 5.10.